The fourth-order valence-corrected chi connectivity index (χ4v) is 2.94. The van der Waals surface area contributed by atoms with E-state index in [-0.39, 0.29) is 11.3 Å². The van der Waals surface area contributed by atoms with E-state index >= 15 is 0 Å². The minimum Gasteiger partial charge on any atom is -0.478 e. The van der Waals surface area contributed by atoms with Crippen LogP contribution in [0.2, 0.25) is 0 Å². The third kappa shape index (κ3) is 2.82. The number of amides is 1. The van der Waals surface area contributed by atoms with Crippen molar-refractivity contribution in [2.24, 2.45) is 5.41 Å². The van der Waals surface area contributed by atoms with Crippen LogP contribution in [0.3, 0.4) is 0 Å². The van der Waals surface area contributed by atoms with Gasteiger partial charge in [-0.2, -0.15) is 0 Å². The predicted molar refractivity (Wildman–Crippen MR) is 89.6 cm³/mol. The topological polar surface area (TPSA) is 55.8 Å². The highest BCUT2D eigenvalue weighted by Gasteiger charge is 2.43. The van der Waals surface area contributed by atoms with Crippen LogP contribution in [-0.4, -0.2) is 37.0 Å². The summed E-state index contributed by atoms with van der Waals surface area (Å²) in [5, 5.41) is 0. The number of carbonyl (C=O) groups is 2. The molecule has 1 aromatic carbocycles. The third-order valence-corrected chi connectivity index (χ3v) is 4.19. The number of nitrogens with zero attached hydrogens (tertiary/aromatic N) is 1. The van der Waals surface area contributed by atoms with Crippen molar-refractivity contribution in [3.05, 3.63) is 52.9 Å². The van der Waals surface area contributed by atoms with Crippen molar-refractivity contribution in [1.82, 2.24) is 4.90 Å². The van der Waals surface area contributed by atoms with Gasteiger partial charge in [-0.15, -0.1) is 0 Å². The minimum atomic E-state index is -0.553. The second-order valence-corrected chi connectivity index (χ2v) is 6.97. The van der Waals surface area contributed by atoms with E-state index in [1.807, 2.05) is 45.0 Å². The quantitative estimate of drug-likeness (QED) is 0.619. The molecule has 5 heteroatoms. The van der Waals surface area contributed by atoms with Gasteiger partial charge in [0.2, 0.25) is 5.88 Å². The average molecular weight is 327 g/mol. The Bertz CT molecular complexity index is 756. The Kier molecular flexibility index (Phi) is 3.95. The molecule has 24 heavy (non-hydrogen) atoms. The zero-order valence-electron chi connectivity index (χ0n) is 14.4. The number of ether oxygens (including phenoxy) is 2. The highest BCUT2D eigenvalue weighted by atomic mass is 16.5. The molecule has 0 spiro atoms. The fraction of sp³-hybridized carbons (Fsp3) is 0.368. The number of aryl methyl sites for hydroxylation is 1. The first-order valence-corrected chi connectivity index (χ1v) is 7.88. The number of carbonyl (C=O) groups excluding carboxylic acids is 2. The molecule has 1 saturated heterocycles. The first-order valence-electron chi connectivity index (χ1n) is 7.88. The van der Waals surface area contributed by atoms with E-state index in [0.29, 0.717) is 30.2 Å². The summed E-state index contributed by atoms with van der Waals surface area (Å²) in [6, 6.07) is 7.81. The van der Waals surface area contributed by atoms with Gasteiger partial charge in [-0.25, -0.2) is 4.79 Å². The number of hydrogen-bond donors (Lipinski definition) is 0. The molecule has 2 heterocycles. The maximum atomic E-state index is 12.9. The minimum absolute atomic E-state index is 0.141. The monoisotopic (exact) mass is 327 g/mol. The van der Waals surface area contributed by atoms with Crippen molar-refractivity contribution in [1.29, 1.82) is 0 Å². The van der Waals surface area contributed by atoms with Crippen molar-refractivity contribution in [2.45, 2.75) is 20.8 Å². The Morgan fingerprint density at radius 2 is 1.96 bits per heavy atom. The molecule has 126 valence electrons. The van der Waals surface area contributed by atoms with Gasteiger partial charge < -0.3 is 9.47 Å². The molecule has 0 atom stereocenters. The third-order valence-electron chi connectivity index (χ3n) is 4.19. The van der Waals surface area contributed by atoms with E-state index in [9.17, 15) is 9.59 Å². The summed E-state index contributed by atoms with van der Waals surface area (Å²) in [5.41, 5.74) is 2.80. The van der Waals surface area contributed by atoms with Crippen LogP contribution in [0.15, 0.2) is 41.8 Å². The van der Waals surface area contributed by atoms with Crippen LogP contribution in [-0.2, 0) is 19.1 Å². The summed E-state index contributed by atoms with van der Waals surface area (Å²) < 4.78 is 10.6. The Morgan fingerprint density at radius 3 is 2.58 bits per heavy atom. The number of benzene rings is 1. The standard InChI is InChI=1S/C19H21NO4/c1-12-5-7-13(8-6-12)16-14(9-15(21)23-4)17(22)20-10-19(2,3)11-24-18(16)20/h5-9H,10-11H2,1-4H3/b14-9+. The summed E-state index contributed by atoms with van der Waals surface area (Å²) in [6.45, 7) is 7.16. The highest BCUT2D eigenvalue weighted by molar-refractivity contribution is 6.17. The maximum Gasteiger partial charge on any atom is 0.331 e. The Labute approximate surface area is 141 Å². The number of esters is 1. The smallest absolute Gasteiger partial charge is 0.331 e. The van der Waals surface area contributed by atoms with Crippen LogP contribution >= 0.6 is 0 Å². The van der Waals surface area contributed by atoms with Gasteiger partial charge in [-0.3, -0.25) is 9.69 Å². The molecule has 0 aliphatic carbocycles. The van der Waals surface area contributed by atoms with E-state index in [1.165, 1.54) is 13.2 Å². The van der Waals surface area contributed by atoms with Gasteiger partial charge in [0.05, 0.1) is 24.9 Å². The maximum absolute atomic E-state index is 12.9. The molecular weight excluding hydrogens is 306 g/mol. The summed E-state index contributed by atoms with van der Waals surface area (Å²) in [4.78, 5) is 26.2. The fourth-order valence-electron chi connectivity index (χ4n) is 2.94. The summed E-state index contributed by atoms with van der Waals surface area (Å²) in [5.74, 6) is -0.250. The Hall–Kier alpha value is -2.56. The molecule has 0 radical (unpaired) electrons. The van der Waals surface area contributed by atoms with Gasteiger partial charge in [0.15, 0.2) is 0 Å². The first kappa shape index (κ1) is 16.3. The lowest BCUT2D eigenvalue weighted by Gasteiger charge is -2.37. The molecule has 3 rings (SSSR count). The molecule has 1 amide bonds. The molecule has 0 aromatic heterocycles. The molecule has 0 N–H and O–H groups in total. The molecule has 1 fully saturated rings. The van der Waals surface area contributed by atoms with Gasteiger partial charge in [0, 0.05) is 18.0 Å². The van der Waals surface area contributed by atoms with Crippen molar-refractivity contribution in [2.75, 3.05) is 20.3 Å². The molecule has 0 saturated carbocycles. The van der Waals surface area contributed by atoms with Crippen LogP contribution in [0, 0.1) is 12.3 Å². The van der Waals surface area contributed by atoms with Crippen LogP contribution in [0.25, 0.3) is 5.57 Å². The molecule has 2 aliphatic rings. The second-order valence-electron chi connectivity index (χ2n) is 6.97. The number of fused-ring (bicyclic) bond motifs is 1. The zero-order chi connectivity index (χ0) is 17.5. The van der Waals surface area contributed by atoms with Crippen molar-refractivity contribution >= 4 is 17.4 Å². The lowest BCUT2D eigenvalue weighted by molar-refractivity contribution is -0.136. The Morgan fingerprint density at radius 1 is 1.29 bits per heavy atom. The SMILES string of the molecule is COC(=O)/C=C1/C(=O)N2CC(C)(C)COC2=C1c1ccc(C)cc1. The van der Waals surface area contributed by atoms with E-state index < -0.39 is 5.97 Å². The molecule has 2 aliphatic heterocycles. The predicted octanol–water partition coefficient (Wildman–Crippen LogP) is 2.66. The summed E-state index contributed by atoms with van der Waals surface area (Å²) >= 11 is 0. The van der Waals surface area contributed by atoms with Crippen molar-refractivity contribution < 1.29 is 19.1 Å². The van der Waals surface area contributed by atoms with Gasteiger partial charge in [0.1, 0.15) is 0 Å². The van der Waals surface area contributed by atoms with Crippen LogP contribution in [0.5, 0.6) is 0 Å². The van der Waals surface area contributed by atoms with Gasteiger partial charge in [0.25, 0.3) is 5.91 Å². The van der Waals surface area contributed by atoms with Gasteiger partial charge in [-0.1, -0.05) is 43.7 Å². The van der Waals surface area contributed by atoms with E-state index in [0.717, 1.165) is 11.1 Å². The van der Waals surface area contributed by atoms with E-state index in [2.05, 4.69) is 0 Å². The van der Waals surface area contributed by atoms with Crippen molar-refractivity contribution in [3.63, 3.8) is 0 Å². The van der Waals surface area contributed by atoms with Crippen LogP contribution in [0.1, 0.15) is 25.0 Å². The molecule has 0 unspecified atom stereocenters. The molecule has 5 nitrogen and oxygen atoms in total. The average Bonchev–Trinajstić information content (AvgIpc) is 2.79. The van der Waals surface area contributed by atoms with Crippen LogP contribution in [0.4, 0.5) is 0 Å². The van der Waals surface area contributed by atoms with Gasteiger partial charge >= 0.3 is 5.97 Å². The lowest BCUT2D eigenvalue weighted by Crippen LogP contribution is -2.43. The lowest BCUT2D eigenvalue weighted by atomic mass is 9.93. The van der Waals surface area contributed by atoms with Crippen LogP contribution < -0.4 is 0 Å². The number of methoxy groups -OCH3 is 1. The number of hydrogen-bond acceptors (Lipinski definition) is 4. The second kappa shape index (κ2) is 5.82. The first-order chi connectivity index (χ1) is 11.3. The largest absolute Gasteiger partial charge is 0.478 e. The molecule has 0 bridgehead atoms. The van der Waals surface area contributed by atoms with E-state index in [1.54, 1.807) is 4.90 Å². The van der Waals surface area contributed by atoms with E-state index in [4.69, 9.17) is 9.47 Å². The highest BCUT2D eigenvalue weighted by Crippen LogP contribution is 2.42. The summed E-state index contributed by atoms with van der Waals surface area (Å²) in [7, 11) is 1.30. The normalized spacial score (nSPS) is 20.9. The number of rotatable bonds is 2. The summed E-state index contributed by atoms with van der Waals surface area (Å²) in [6.07, 6.45) is 1.25. The molecular formula is C19H21NO4. The van der Waals surface area contributed by atoms with Gasteiger partial charge in [-0.05, 0) is 12.5 Å². The zero-order valence-corrected chi connectivity index (χ0v) is 14.4. The Balaban J connectivity index is 2.14. The van der Waals surface area contributed by atoms with Crippen molar-refractivity contribution in [3.8, 4) is 0 Å². The molecule has 1 aromatic rings.